The number of amides is 1. The molecule has 4 nitrogen and oxygen atoms in total. The summed E-state index contributed by atoms with van der Waals surface area (Å²) in [6.07, 6.45) is 4.35. The molecule has 2 N–H and O–H groups in total. The van der Waals surface area contributed by atoms with E-state index < -0.39 is 0 Å². The van der Waals surface area contributed by atoms with Crippen LogP contribution in [0.4, 0.5) is 5.69 Å². The first-order valence-electron chi connectivity index (χ1n) is 6.41. The molecule has 2 fully saturated rings. The Hall–Kier alpha value is -1.88. The van der Waals surface area contributed by atoms with E-state index >= 15 is 0 Å². The van der Waals surface area contributed by atoms with Gasteiger partial charge in [-0.3, -0.25) is 10.1 Å². The summed E-state index contributed by atoms with van der Waals surface area (Å²) < 4.78 is 0. The van der Waals surface area contributed by atoms with Crippen LogP contribution in [0, 0.1) is 0 Å². The van der Waals surface area contributed by atoms with Gasteiger partial charge in [0.05, 0.1) is 0 Å². The lowest BCUT2D eigenvalue weighted by atomic mass is 10.1. The smallest absolute Gasteiger partial charge is 0.273 e. The minimum absolute atomic E-state index is 0.173. The topological polar surface area (TPSA) is 44.4 Å². The van der Waals surface area contributed by atoms with Gasteiger partial charge in [0.25, 0.3) is 5.91 Å². The van der Waals surface area contributed by atoms with E-state index in [4.69, 9.17) is 12.2 Å². The summed E-state index contributed by atoms with van der Waals surface area (Å²) in [5, 5.41) is 5.76. The lowest BCUT2D eigenvalue weighted by molar-refractivity contribution is -0.115. The first kappa shape index (κ1) is 12.2. The van der Waals surface area contributed by atoms with E-state index in [1.807, 2.05) is 18.2 Å². The average Bonchev–Trinajstić information content (AvgIpc) is 3.01. The Morgan fingerprint density at radius 2 is 1.79 bits per heavy atom. The van der Waals surface area contributed by atoms with E-state index in [0.717, 1.165) is 18.7 Å². The van der Waals surface area contributed by atoms with Gasteiger partial charge in [0.1, 0.15) is 5.70 Å². The lowest BCUT2D eigenvalue weighted by Gasteiger charge is -2.17. The molecular weight excluding hydrogens is 258 g/mol. The molecule has 3 rings (SSSR count). The normalized spacial score (nSPS) is 20.8. The fourth-order valence-corrected chi connectivity index (χ4v) is 2.61. The number of rotatable bonds is 2. The van der Waals surface area contributed by atoms with E-state index in [1.54, 1.807) is 0 Å². The van der Waals surface area contributed by atoms with Gasteiger partial charge in [-0.2, -0.15) is 0 Å². The van der Waals surface area contributed by atoms with Crippen molar-refractivity contribution in [2.24, 2.45) is 0 Å². The number of hydrogen-bond donors (Lipinski definition) is 2. The number of nitrogens with one attached hydrogen (secondary N) is 2. The van der Waals surface area contributed by atoms with Crippen LogP contribution in [0.25, 0.3) is 6.08 Å². The summed E-state index contributed by atoms with van der Waals surface area (Å²) in [5.74, 6) is -0.173. The van der Waals surface area contributed by atoms with Crippen molar-refractivity contribution in [3.05, 3.63) is 35.5 Å². The zero-order valence-corrected chi connectivity index (χ0v) is 11.3. The van der Waals surface area contributed by atoms with Crippen LogP contribution < -0.4 is 15.5 Å². The van der Waals surface area contributed by atoms with Gasteiger partial charge >= 0.3 is 0 Å². The summed E-state index contributed by atoms with van der Waals surface area (Å²) in [5.41, 5.74) is 2.74. The number of thiocarbonyl (C=S) groups is 1. The van der Waals surface area contributed by atoms with Crippen molar-refractivity contribution < 1.29 is 4.79 Å². The molecule has 0 aromatic heterocycles. The van der Waals surface area contributed by atoms with Crippen LogP contribution in [-0.4, -0.2) is 24.1 Å². The van der Waals surface area contributed by atoms with E-state index in [1.165, 1.54) is 18.5 Å². The fourth-order valence-electron chi connectivity index (χ4n) is 2.41. The highest BCUT2D eigenvalue weighted by Gasteiger charge is 2.19. The molecule has 0 aliphatic carbocycles. The van der Waals surface area contributed by atoms with Gasteiger partial charge in [-0.15, -0.1) is 0 Å². The number of nitrogens with zero attached hydrogens (tertiary/aromatic N) is 1. The summed E-state index contributed by atoms with van der Waals surface area (Å²) >= 11 is 4.89. The van der Waals surface area contributed by atoms with Crippen LogP contribution in [0.5, 0.6) is 0 Å². The first-order valence-corrected chi connectivity index (χ1v) is 6.82. The third kappa shape index (κ3) is 2.61. The summed E-state index contributed by atoms with van der Waals surface area (Å²) in [7, 11) is 0. The first-order chi connectivity index (χ1) is 9.22. The summed E-state index contributed by atoms with van der Waals surface area (Å²) in [6, 6.07) is 8.25. The van der Waals surface area contributed by atoms with Crippen LogP contribution in [0.1, 0.15) is 18.4 Å². The van der Waals surface area contributed by atoms with Gasteiger partial charge in [-0.25, -0.2) is 0 Å². The Morgan fingerprint density at radius 3 is 2.37 bits per heavy atom. The Balaban J connectivity index is 1.77. The Morgan fingerprint density at radius 1 is 1.11 bits per heavy atom. The van der Waals surface area contributed by atoms with Gasteiger partial charge in [0.15, 0.2) is 5.11 Å². The number of hydrogen-bond acceptors (Lipinski definition) is 3. The molecule has 0 saturated carbocycles. The molecule has 1 amide bonds. The molecule has 1 aromatic carbocycles. The minimum Gasteiger partial charge on any atom is -0.372 e. The Bertz CT molecular complexity index is 544. The molecule has 2 aliphatic rings. The van der Waals surface area contributed by atoms with Crippen LogP contribution in [0.15, 0.2) is 30.0 Å². The second-order valence-corrected chi connectivity index (χ2v) is 5.16. The summed E-state index contributed by atoms with van der Waals surface area (Å²) in [4.78, 5) is 13.9. The molecular formula is C14H15N3OS. The van der Waals surface area contributed by atoms with Crippen molar-refractivity contribution >= 4 is 35.0 Å². The molecule has 0 spiro atoms. The van der Waals surface area contributed by atoms with Gasteiger partial charge in [0, 0.05) is 18.8 Å². The maximum atomic E-state index is 11.5. The highest BCUT2D eigenvalue weighted by molar-refractivity contribution is 7.80. The van der Waals surface area contributed by atoms with E-state index in [9.17, 15) is 4.79 Å². The maximum absolute atomic E-state index is 11.5. The quantitative estimate of drug-likeness (QED) is 0.635. The zero-order chi connectivity index (χ0) is 13.2. The van der Waals surface area contributed by atoms with Crippen molar-refractivity contribution in [1.29, 1.82) is 0 Å². The highest BCUT2D eigenvalue weighted by atomic mass is 32.1. The highest BCUT2D eigenvalue weighted by Crippen LogP contribution is 2.21. The fraction of sp³-hybridized carbons (Fsp3) is 0.286. The zero-order valence-electron chi connectivity index (χ0n) is 10.5. The molecule has 2 heterocycles. The van der Waals surface area contributed by atoms with Gasteiger partial charge in [-0.05, 0) is 48.8 Å². The molecule has 2 saturated heterocycles. The van der Waals surface area contributed by atoms with Crippen molar-refractivity contribution in [1.82, 2.24) is 10.6 Å². The van der Waals surface area contributed by atoms with Crippen molar-refractivity contribution in [2.75, 3.05) is 18.0 Å². The maximum Gasteiger partial charge on any atom is 0.273 e. The molecule has 19 heavy (non-hydrogen) atoms. The minimum atomic E-state index is -0.173. The predicted molar refractivity (Wildman–Crippen MR) is 79.7 cm³/mol. The van der Waals surface area contributed by atoms with E-state index in [2.05, 4.69) is 27.7 Å². The van der Waals surface area contributed by atoms with Crippen LogP contribution >= 0.6 is 12.2 Å². The van der Waals surface area contributed by atoms with Crippen molar-refractivity contribution in [3.63, 3.8) is 0 Å². The van der Waals surface area contributed by atoms with Crippen molar-refractivity contribution in [3.8, 4) is 0 Å². The SMILES string of the molecule is O=C1NC(=S)NC1=Cc1ccc(N2CCCC2)cc1. The van der Waals surface area contributed by atoms with Gasteiger partial charge in [-0.1, -0.05) is 12.1 Å². The number of benzene rings is 1. The molecule has 98 valence electrons. The van der Waals surface area contributed by atoms with Gasteiger partial charge in [0.2, 0.25) is 0 Å². The molecule has 0 bridgehead atoms. The van der Waals surface area contributed by atoms with Crippen molar-refractivity contribution in [2.45, 2.75) is 12.8 Å². The Labute approximate surface area is 117 Å². The van der Waals surface area contributed by atoms with E-state index in [-0.39, 0.29) is 5.91 Å². The van der Waals surface area contributed by atoms with Crippen LogP contribution in [0.3, 0.4) is 0 Å². The third-order valence-electron chi connectivity index (χ3n) is 3.40. The van der Waals surface area contributed by atoms with Crippen LogP contribution in [-0.2, 0) is 4.79 Å². The summed E-state index contributed by atoms with van der Waals surface area (Å²) in [6.45, 7) is 2.28. The van der Waals surface area contributed by atoms with Crippen LogP contribution in [0.2, 0.25) is 0 Å². The Kier molecular flexibility index (Phi) is 3.21. The predicted octanol–water partition coefficient (Wildman–Crippen LogP) is 1.63. The monoisotopic (exact) mass is 273 g/mol. The molecule has 1 aromatic rings. The molecule has 5 heteroatoms. The second-order valence-electron chi connectivity index (χ2n) is 4.75. The lowest BCUT2D eigenvalue weighted by Crippen LogP contribution is -2.21. The largest absolute Gasteiger partial charge is 0.372 e. The molecule has 0 unspecified atom stereocenters. The number of carbonyl (C=O) groups excluding carboxylic acids is 1. The van der Waals surface area contributed by atoms with E-state index in [0.29, 0.717) is 10.8 Å². The number of carbonyl (C=O) groups is 1. The van der Waals surface area contributed by atoms with Gasteiger partial charge < -0.3 is 10.2 Å². The molecule has 0 radical (unpaired) electrons. The third-order valence-corrected chi connectivity index (χ3v) is 3.60. The molecule has 0 atom stereocenters. The average molecular weight is 273 g/mol. The molecule has 2 aliphatic heterocycles. The number of anilines is 1. The second kappa shape index (κ2) is 5.01. The standard InChI is InChI=1S/C14H15N3OS/c18-13-12(15-14(19)16-13)9-10-3-5-11(6-4-10)17-7-1-2-8-17/h3-6,9H,1-2,7-8H2,(H2,15,16,18,19).